The molecule has 0 N–H and O–H groups in total. The van der Waals surface area contributed by atoms with Gasteiger partial charge in [0.05, 0.1) is 10.9 Å². The summed E-state index contributed by atoms with van der Waals surface area (Å²) < 4.78 is 14.7. The van der Waals surface area contributed by atoms with Crippen LogP contribution in [-0.4, -0.2) is 0 Å². The molecule has 110 valence electrons. The topological polar surface area (TPSA) is 26.9 Å². The van der Waals surface area contributed by atoms with Gasteiger partial charge in [0.1, 0.15) is 5.82 Å². The average molecular weight is 293 g/mol. The molecule has 0 unspecified atom stereocenters. The first-order chi connectivity index (χ1) is 10.5. The van der Waals surface area contributed by atoms with Crippen LogP contribution in [0.5, 0.6) is 0 Å². The Bertz CT molecular complexity index is 885. The van der Waals surface area contributed by atoms with Crippen molar-refractivity contribution >= 4 is 16.3 Å². The van der Waals surface area contributed by atoms with Crippen molar-refractivity contribution in [1.82, 2.24) is 0 Å². The predicted octanol–water partition coefficient (Wildman–Crippen LogP) is 4.62. The molecule has 22 heavy (non-hydrogen) atoms. The smallest absolute Gasteiger partial charge is 0.227 e. The zero-order valence-corrected chi connectivity index (χ0v) is 12.6. The minimum absolute atomic E-state index is 0.319. The van der Waals surface area contributed by atoms with Crippen molar-refractivity contribution in [2.45, 2.75) is 13.8 Å². The second-order valence-electron chi connectivity index (χ2n) is 5.44. The van der Waals surface area contributed by atoms with Crippen LogP contribution in [0.25, 0.3) is 27.5 Å². The molecular weight excluding hydrogens is 277 g/mol. The number of halogens is 1. The van der Waals surface area contributed by atoms with E-state index < -0.39 is 0 Å². The molecule has 0 atom stereocenters. The normalized spacial score (nSPS) is 10.9. The maximum absolute atomic E-state index is 13.8. The lowest BCUT2D eigenvalue weighted by atomic mass is 9.93. The zero-order valence-electron chi connectivity index (χ0n) is 12.6. The number of hydrogen-bond acceptors (Lipinski definition) is 1. The number of rotatable bonds is 2. The van der Waals surface area contributed by atoms with Gasteiger partial charge in [0.2, 0.25) is 5.69 Å². The van der Waals surface area contributed by atoms with Crippen molar-refractivity contribution in [2.75, 3.05) is 0 Å². The highest BCUT2D eigenvalue weighted by molar-refractivity contribution is 6.00. The number of pyridine rings is 1. The molecule has 0 aliphatic carbocycles. The SMILES string of the molecule is C=C(C)c1c(-c2ccccc2)c2cc(F)ccc2c(C)[n+]1[O-]. The largest absolute Gasteiger partial charge is 0.618 e. The van der Waals surface area contributed by atoms with Crippen molar-refractivity contribution in [2.24, 2.45) is 0 Å². The van der Waals surface area contributed by atoms with Crippen LogP contribution in [0.15, 0.2) is 55.1 Å². The van der Waals surface area contributed by atoms with Gasteiger partial charge in [-0.15, -0.1) is 0 Å². The molecule has 3 rings (SSSR count). The van der Waals surface area contributed by atoms with E-state index in [4.69, 9.17) is 0 Å². The summed E-state index contributed by atoms with van der Waals surface area (Å²) in [5.74, 6) is -0.319. The standard InChI is InChI=1S/C19H16FNO/c1-12(2)19-18(14-7-5-4-6-8-14)17-11-15(20)9-10-16(17)13(3)21(19)22/h4-11H,1H2,2-3H3. The second kappa shape index (κ2) is 5.26. The Labute approximate surface area is 128 Å². The molecule has 1 heterocycles. The third kappa shape index (κ3) is 2.15. The fourth-order valence-electron chi connectivity index (χ4n) is 2.83. The highest BCUT2D eigenvalue weighted by Crippen LogP contribution is 2.34. The van der Waals surface area contributed by atoms with Crippen LogP contribution in [-0.2, 0) is 0 Å². The molecule has 2 nitrogen and oxygen atoms in total. The fraction of sp³-hybridized carbons (Fsp3) is 0.105. The summed E-state index contributed by atoms with van der Waals surface area (Å²) in [4.78, 5) is 0. The van der Waals surface area contributed by atoms with Crippen LogP contribution in [0, 0.1) is 17.9 Å². The van der Waals surface area contributed by atoms with Gasteiger partial charge in [-0.2, -0.15) is 4.73 Å². The van der Waals surface area contributed by atoms with Gasteiger partial charge in [0.15, 0.2) is 5.69 Å². The highest BCUT2D eigenvalue weighted by atomic mass is 19.1. The summed E-state index contributed by atoms with van der Waals surface area (Å²) in [6.07, 6.45) is 0. The zero-order chi connectivity index (χ0) is 15.9. The first-order valence-corrected chi connectivity index (χ1v) is 7.07. The number of nitrogens with zero attached hydrogens (tertiary/aromatic N) is 1. The number of benzene rings is 2. The van der Waals surface area contributed by atoms with E-state index in [2.05, 4.69) is 6.58 Å². The summed E-state index contributed by atoms with van der Waals surface area (Å²) in [5, 5.41) is 14.1. The van der Waals surface area contributed by atoms with Crippen molar-refractivity contribution < 1.29 is 9.12 Å². The number of hydrogen-bond donors (Lipinski definition) is 0. The summed E-state index contributed by atoms with van der Waals surface area (Å²) >= 11 is 0. The number of aromatic nitrogens is 1. The monoisotopic (exact) mass is 293 g/mol. The van der Waals surface area contributed by atoms with Crippen LogP contribution in [0.4, 0.5) is 4.39 Å². The van der Waals surface area contributed by atoms with E-state index in [0.29, 0.717) is 17.0 Å². The van der Waals surface area contributed by atoms with Crippen LogP contribution in [0.3, 0.4) is 0 Å². The lowest BCUT2D eigenvalue weighted by Crippen LogP contribution is -2.35. The molecule has 0 saturated heterocycles. The quantitative estimate of drug-likeness (QED) is 0.500. The number of fused-ring (bicyclic) bond motifs is 1. The van der Waals surface area contributed by atoms with Gasteiger partial charge >= 0.3 is 0 Å². The van der Waals surface area contributed by atoms with Crippen LogP contribution >= 0.6 is 0 Å². The van der Waals surface area contributed by atoms with E-state index in [1.807, 2.05) is 30.3 Å². The Morgan fingerprint density at radius 3 is 2.41 bits per heavy atom. The minimum Gasteiger partial charge on any atom is -0.618 e. The summed E-state index contributed by atoms with van der Waals surface area (Å²) in [7, 11) is 0. The molecule has 3 aromatic rings. The Hall–Kier alpha value is -2.68. The molecule has 1 aromatic heterocycles. The first-order valence-electron chi connectivity index (χ1n) is 7.07. The van der Waals surface area contributed by atoms with Crippen LogP contribution in [0.2, 0.25) is 0 Å². The van der Waals surface area contributed by atoms with Crippen molar-refractivity contribution in [3.8, 4) is 11.1 Å². The number of allylic oxidation sites excluding steroid dienone is 1. The third-order valence-corrected chi connectivity index (χ3v) is 3.85. The van der Waals surface area contributed by atoms with Crippen molar-refractivity contribution in [3.63, 3.8) is 0 Å². The molecular formula is C19H16FNO. The van der Waals surface area contributed by atoms with Gasteiger partial charge in [-0.25, -0.2) is 4.39 Å². The molecule has 0 bridgehead atoms. The molecule has 0 amide bonds. The molecule has 0 fully saturated rings. The molecule has 0 aliphatic heterocycles. The molecule has 0 radical (unpaired) electrons. The van der Waals surface area contributed by atoms with Crippen molar-refractivity contribution in [3.05, 3.63) is 77.5 Å². The average Bonchev–Trinajstić information content (AvgIpc) is 2.51. The van der Waals surface area contributed by atoms with Crippen LogP contribution < -0.4 is 4.73 Å². The third-order valence-electron chi connectivity index (χ3n) is 3.85. The van der Waals surface area contributed by atoms with E-state index in [9.17, 15) is 9.60 Å². The van der Waals surface area contributed by atoms with Crippen molar-refractivity contribution in [1.29, 1.82) is 0 Å². The Kier molecular flexibility index (Phi) is 3.41. The Balaban J connectivity index is 2.56. The summed E-state index contributed by atoms with van der Waals surface area (Å²) in [6, 6.07) is 14.1. The van der Waals surface area contributed by atoms with E-state index in [0.717, 1.165) is 26.6 Å². The Morgan fingerprint density at radius 1 is 1.09 bits per heavy atom. The second-order valence-corrected chi connectivity index (χ2v) is 5.44. The maximum atomic E-state index is 13.8. The van der Waals surface area contributed by atoms with E-state index in [1.54, 1.807) is 19.9 Å². The van der Waals surface area contributed by atoms with Crippen LogP contribution in [0.1, 0.15) is 18.3 Å². The summed E-state index contributed by atoms with van der Waals surface area (Å²) in [6.45, 7) is 7.47. The van der Waals surface area contributed by atoms with E-state index in [1.165, 1.54) is 12.1 Å². The molecule has 2 aromatic carbocycles. The maximum Gasteiger partial charge on any atom is 0.227 e. The van der Waals surface area contributed by atoms with Gasteiger partial charge in [-0.1, -0.05) is 36.9 Å². The minimum atomic E-state index is -0.319. The highest BCUT2D eigenvalue weighted by Gasteiger charge is 2.23. The van der Waals surface area contributed by atoms with E-state index in [-0.39, 0.29) is 5.82 Å². The Morgan fingerprint density at radius 2 is 1.77 bits per heavy atom. The van der Waals surface area contributed by atoms with Gasteiger partial charge in [0, 0.05) is 17.9 Å². The van der Waals surface area contributed by atoms with Gasteiger partial charge in [-0.05, 0) is 30.7 Å². The molecule has 0 spiro atoms. The predicted molar refractivity (Wildman–Crippen MR) is 87.7 cm³/mol. The van der Waals surface area contributed by atoms with Gasteiger partial charge < -0.3 is 5.21 Å². The molecule has 3 heteroatoms. The molecule has 0 aliphatic rings. The van der Waals surface area contributed by atoms with Gasteiger partial charge in [-0.3, -0.25) is 0 Å². The molecule has 0 saturated carbocycles. The number of aryl methyl sites for hydroxylation is 1. The lowest BCUT2D eigenvalue weighted by Gasteiger charge is -2.16. The van der Waals surface area contributed by atoms with Gasteiger partial charge in [0.25, 0.3) is 0 Å². The first kappa shape index (κ1) is 14.3. The van der Waals surface area contributed by atoms with E-state index >= 15 is 0 Å². The fourth-order valence-corrected chi connectivity index (χ4v) is 2.83. The lowest BCUT2D eigenvalue weighted by molar-refractivity contribution is -0.612. The summed E-state index contributed by atoms with van der Waals surface area (Å²) in [5.41, 5.74) is 3.29.